The number of nitrogens with zero attached hydrogens (tertiary/aromatic N) is 1. The number of nitrogens with two attached hydrogens (primary N) is 1. The highest BCUT2D eigenvalue weighted by atomic mass is 15.0. The van der Waals surface area contributed by atoms with Crippen LogP contribution in [0.3, 0.4) is 0 Å². The topological polar surface area (TPSA) is 30.9 Å². The predicted molar refractivity (Wildman–Crippen MR) is 87.5 cm³/mol. The lowest BCUT2D eigenvalue weighted by atomic mass is 10.0. The second kappa shape index (κ2) is 5.05. The summed E-state index contributed by atoms with van der Waals surface area (Å²) in [4.78, 5) is 0. The Hall–Kier alpha value is -2.06. The number of aromatic nitrogens is 1. The van der Waals surface area contributed by atoms with Crippen molar-refractivity contribution in [3.63, 3.8) is 0 Å². The molecule has 0 amide bonds. The summed E-state index contributed by atoms with van der Waals surface area (Å²) in [6.07, 6.45) is 3.19. The number of rotatable bonds is 2. The number of aryl methyl sites for hydroxylation is 1. The fraction of sp³-hybridized carbons (Fsp3) is 0.263. The zero-order valence-corrected chi connectivity index (χ0v) is 12.1. The molecule has 2 nitrogen and oxygen atoms in total. The fourth-order valence-electron chi connectivity index (χ4n) is 3.38. The van der Waals surface area contributed by atoms with Gasteiger partial charge in [0.1, 0.15) is 0 Å². The second-order valence-corrected chi connectivity index (χ2v) is 6.10. The standard InChI is InChI=1S/C19H20N2/c20-17-8-9-18-12-16-7-6-15(11-19(16)21(18)13-17)10-14-4-2-1-3-5-14/h1-7,11-12,17H,8-10,13,20H2. The molecule has 0 fully saturated rings. The van der Waals surface area contributed by atoms with E-state index in [4.69, 9.17) is 5.73 Å². The summed E-state index contributed by atoms with van der Waals surface area (Å²) in [5, 5.41) is 1.34. The first-order chi connectivity index (χ1) is 10.3. The maximum absolute atomic E-state index is 6.14. The zero-order chi connectivity index (χ0) is 14.2. The molecule has 0 bridgehead atoms. The molecule has 0 aliphatic carbocycles. The van der Waals surface area contributed by atoms with Gasteiger partial charge in [0.15, 0.2) is 0 Å². The van der Waals surface area contributed by atoms with Crippen molar-refractivity contribution in [2.75, 3.05) is 0 Å². The summed E-state index contributed by atoms with van der Waals surface area (Å²) < 4.78 is 2.41. The summed E-state index contributed by atoms with van der Waals surface area (Å²) in [6.45, 7) is 0.952. The first-order valence-electron chi connectivity index (χ1n) is 7.70. The van der Waals surface area contributed by atoms with E-state index in [2.05, 4.69) is 59.2 Å². The van der Waals surface area contributed by atoms with Crippen molar-refractivity contribution < 1.29 is 0 Å². The summed E-state index contributed by atoms with van der Waals surface area (Å²) in [6, 6.07) is 20.1. The van der Waals surface area contributed by atoms with Gasteiger partial charge in [0, 0.05) is 23.8 Å². The van der Waals surface area contributed by atoms with Gasteiger partial charge in [-0.25, -0.2) is 0 Å². The molecule has 0 saturated carbocycles. The SMILES string of the molecule is NC1CCc2cc3ccc(Cc4ccccc4)cc3n2C1. The van der Waals surface area contributed by atoms with E-state index < -0.39 is 0 Å². The normalized spacial score (nSPS) is 17.9. The molecule has 2 aromatic carbocycles. The Morgan fingerprint density at radius 3 is 2.71 bits per heavy atom. The summed E-state index contributed by atoms with van der Waals surface area (Å²) >= 11 is 0. The van der Waals surface area contributed by atoms with Gasteiger partial charge in [-0.3, -0.25) is 0 Å². The number of hydrogen-bond acceptors (Lipinski definition) is 1. The Balaban J connectivity index is 1.74. The average molecular weight is 276 g/mol. The molecule has 2 heteroatoms. The monoisotopic (exact) mass is 276 g/mol. The van der Waals surface area contributed by atoms with Crippen molar-refractivity contribution >= 4 is 10.9 Å². The molecule has 1 aliphatic rings. The Labute approximate surface area is 125 Å². The lowest BCUT2D eigenvalue weighted by molar-refractivity contribution is 0.470. The van der Waals surface area contributed by atoms with E-state index in [1.54, 1.807) is 0 Å². The molecule has 0 radical (unpaired) electrons. The maximum Gasteiger partial charge on any atom is 0.0485 e. The molecule has 1 unspecified atom stereocenters. The largest absolute Gasteiger partial charge is 0.343 e. The Kier molecular flexibility index (Phi) is 3.04. The van der Waals surface area contributed by atoms with Gasteiger partial charge in [-0.05, 0) is 47.9 Å². The van der Waals surface area contributed by atoms with Gasteiger partial charge in [0.25, 0.3) is 0 Å². The van der Waals surface area contributed by atoms with Gasteiger partial charge in [0.05, 0.1) is 0 Å². The van der Waals surface area contributed by atoms with Crippen molar-refractivity contribution in [1.29, 1.82) is 0 Å². The Morgan fingerprint density at radius 2 is 1.86 bits per heavy atom. The first kappa shape index (κ1) is 12.7. The van der Waals surface area contributed by atoms with Crippen LogP contribution in [0.5, 0.6) is 0 Å². The molecule has 2 heterocycles. The molecule has 1 aromatic heterocycles. The summed E-state index contributed by atoms with van der Waals surface area (Å²) in [7, 11) is 0. The van der Waals surface area contributed by atoms with Crippen molar-refractivity contribution in [2.24, 2.45) is 5.73 Å². The van der Waals surface area contributed by atoms with Gasteiger partial charge in [0.2, 0.25) is 0 Å². The molecular weight excluding hydrogens is 256 g/mol. The van der Waals surface area contributed by atoms with Crippen LogP contribution in [0.15, 0.2) is 54.6 Å². The van der Waals surface area contributed by atoms with Crippen LogP contribution in [0.1, 0.15) is 23.2 Å². The average Bonchev–Trinajstić information content (AvgIpc) is 2.86. The Bertz CT molecular complexity index is 771. The quantitative estimate of drug-likeness (QED) is 0.763. The highest BCUT2D eigenvalue weighted by Gasteiger charge is 2.17. The maximum atomic E-state index is 6.14. The molecule has 1 atom stereocenters. The summed E-state index contributed by atoms with van der Waals surface area (Å²) in [5.74, 6) is 0. The van der Waals surface area contributed by atoms with Crippen LogP contribution in [-0.4, -0.2) is 10.6 Å². The molecule has 21 heavy (non-hydrogen) atoms. The minimum Gasteiger partial charge on any atom is -0.343 e. The highest BCUT2D eigenvalue weighted by molar-refractivity contribution is 5.82. The minimum absolute atomic E-state index is 0.297. The van der Waals surface area contributed by atoms with Gasteiger partial charge in [-0.2, -0.15) is 0 Å². The van der Waals surface area contributed by atoms with Crippen LogP contribution in [0, 0.1) is 0 Å². The molecule has 3 aromatic rings. The van der Waals surface area contributed by atoms with E-state index >= 15 is 0 Å². The van der Waals surface area contributed by atoms with Gasteiger partial charge < -0.3 is 10.3 Å². The number of fused-ring (bicyclic) bond motifs is 3. The second-order valence-electron chi connectivity index (χ2n) is 6.10. The van der Waals surface area contributed by atoms with Crippen LogP contribution in [0.25, 0.3) is 10.9 Å². The lowest BCUT2D eigenvalue weighted by Crippen LogP contribution is -2.31. The van der Waals surface area contributed by atoms with Crippen molar-refractivity contribution in [2.45, 2.75) is 31.8 Å². The number of hydrogen-bond donors (Lipinski definition) is 1. The van der Waals surface area contributed by atoms with E-state index in [9.17, 15) is 0 Å². The van der Waals surface area contributed by atoms with Crippen molar-refractivity contribution in [3.8, 4) is 0 Å². The van der Waals surface area contributed by atoms with Crippen LogP contribution in [0.2, 0.25) is 0 Å². The number of benzene rings is 2. The molecular formula is C19H20N2. The highest BCUT2D eigenvalue weighted by Crippen LogP contribution is 2.26. The molecule has 0 saturated heterocycles. The third kappa shape index (κ3) is 2.36. The van der Waals surface area contributed by atoms with E-state index in [0.717, 1.165) is 25.8 Å². The predicted octanol–water partition coefficient (Wildman–Crippen LogP) is 3.51. The lowest BCUT2D eigenvalue weighted by Gasteiger charge is -2.22. The zero-order valence-electron chi connectivity index (χ0n) is 12.1. The van der Waals surface area contributed by atoms with Crippen LogP contribution in [-0.2, 0) is 19.4 Å². The van der Waals surface area contributed by atoms with Gasteiger partial charge in [-0.15, -0.1) is 0 Å². The van der Waals surface area contributed by atoms with Gasteiger partial charge >= 0.3 is 0 Å². The third-order valence-corrected chi connectivity index (χ3v) is 4.49. The third-order valence-electron chi connectivity index (χ3n) is 4.49. The molecule has 1 aliphatic heterocycles. The van der Waals surface area contributed by atoms with E-state index in [1.165, 1.54) is 27.7 Å². The molecule has 4 rings (SSSR count). The van der Waals surface area contributed by atoms with Gasteiger partial charge in [-0.1, -0.05) is 42.5 Å². The minimum atomic E-state index is 0.297. The molecule has 106 valence electrons. The van der Waals surface area contributed by atoms with Crippen LogP contribution >= 0.6 is 0 Å². The van der Waals surface area contributed by atoms with Crippen LogP contribution in [0.4, 0.5) is 0 Å². The Morgan fingerprint density at radius 1 is 1.00 bits per heavy atom. The summed E-state index contributed by atoms with van der Waals surface area (Å²) in [5.41, 5.74) is 11.6. The van der Waals surface area contributed by atoms with E-state index in [0.29, 0.717) is 6.04 Å². The fourth-order valence-corrected chi connectivity index (χ4v) is 3.38. The van der Waals surface area contributed by atoms with Crippen LogP contribution < -0.4 is 5.73 Å². The van der Waals surface area contributed by atoms with Crippen molar-refractivity contribution in [1.82, 2.24) is 4.57 Å². The van der Waals surface area contributed by atoms with Crippen molar-refractivity contribution in [3.05, 3.63) is 71.4 Å². The smallest absolute Gasteiger partial charge is 0.0485 e. The van der Waals surface area contributed by atoms with E-state index in [-0.39, 0.29) is 0 Å². The van der Waals surface area contributed by atoms with E-state index in [1.807, 2.05) is 0 Å². The molecule has 0 spiro atoms. The first-order valence-corrected chi connectivity index (χ1v) is 7.70. The molecule has 2 N–H and O–H groups in total.